The molecule has 33 heavy (non-hydrogen) atoms. The number of amides is 1. The number of anilines is 1. The van der Waals surface area contributed by atoms with Crippen molar-refractivity contribution in [3.8, 4) is 0 Å². The number of benzene rings is 2. The zero-order valence-corrected chi connectivity index (χ0v) is 20.1. The van der Waals surface area contributed by atoms with Crippen LogP contribution in [0.25, 0.3) is 0 Å². The summed E-state index contributed by atoms with van der Waals surface area (Å²) in [6, 6.07) is 17.8. The van der Waals surface area contributed by atoms with E-state index in [0.29, 0.717) is 18.9 Å². The second kappa shape index (κ2) is 9.11. The van der Waals surface area contributed by atoms with Gasteiger partial charge in [0.15, 0.2) is 0 Å². The van der Waals surface area contributed by atoms with E-state index in [0.717, 1.165) is 62.3 Å². The van der Waals surface area contributed by atoms with Gasteiger partial charge in [-0.25, -0.2) is 8.42 Å². The van der Waals surface area contributed by atoms with Crippen LogP contribution >= 0.6 is 0 Å². The summed E-state index contributed by atoms with van der Waals surface area (Å²) < 4.78 is 28.6. The summed E-state index contributed by atoms with van der Waals surface area (Å²) in [6.45, 7) is 5.65. The Morgan fingerprint density at radius 3 is 2.18 bits per heavy atom. The van der Waals surface area contributed by atoms with Crippen molar-refractivity contribution < 1.29 is 13.2 Å². The van der Waals surface area contributed by atoms with Crippen molar-refractivity contribution in [3.05, 3.63) is 65.7 Å². The van der Waals surface area contributed by atoms with Gasteiger partial charge in [-0.2, -0.15) is 4.31 Å². The molecule has 3 fully saturated rings. The van der Waals surface area contributed by atoms with Crippen LogP contribution in [-0.2, 0) is 21.4 Å². The molecule has 1 saturated carbocycles. The van der Waals surface area contributed by atoms with Gasteiger partial charge >= 0.3 is 0 Å². The van der Waals surface area contributed by atoms with Gasteiger partial charge in [0.25, 0.3) is 0 Å². The van der Waals surface area contributed by atoms with E-state index in [1.54, 1.807) is 4.31 Å². The van der Waals surface area contributed by atoms with Crippen molar-refractivity contribution in [2.75, 3.05) is 31.1 Å². The lowest BCUT2D eigenvalue weighted by molar-refractivity contribution is -0.132. The van der Waals surface area contributed by atoms with E-state index >= 15 is 0 Å². The van der Waals surface area contributed by atoms with Crippen LogP contribution in [0.1, 0.15) is 49.0 Å². The number of hydrogen-bond acceptors (Lipinski definition) is 4. The van der Waals surface area contributed by atoms with Crippen molar-refractivity contribution in [2.45, 2.75) is 50.4 Å². The van der Waals surface area contributed by atoms with Crippen molar-refractivity contribution in [2.24, 2.45) is 5.92 Å². The van der Waals surface area contributed by atoms with E-state index in [1.807, 2.05) is 54.3 Å². The molecule has 0 bridgehead atoms. The third-order valence-corrected chi connectivity index (χ3v) is 9.72. The SMILES string of the molecule is C[C@H]1CCC(c2ccccc2)S(=O)(=O)N1Cc1ccc(N2CCN(C(=O)C3CC3)CC2)cc1. The minimum atomic E-state index is -3.43. The monoisotopic (exact) mass is 467 g/mol. The van der Waals surface area contributed by atoms with E-state index in [-0.39, 0.29) is 12.0 Å². The highest BCUT2D eigenvalue weighted by Gasteiger charge is 2.40. The van der Waals surface area contributed by atoms with Gasteiger partial charge in [-0.15, -0.1) is 0 Å². The van der Waals surface area contributed by atoms with Crippen molar-refractivity contribution in [1.29, 1.82) is 0 Å². The molecule has 1 aliphatic carbocycles. The van der Waals surface area contributed by atoms with Gasteiger partial charge in [0.1, 0.15) is 5.25 Å². The van der Waals surface area contributed by atoms with Crippen molar-refractivity contribution >= 4 is 21.6 Å². The van der Waals surface area contributed by atoms with Gasteiger partial charge in [0, 0.05) is 50.4 Å². The lowest BCUT2D eigenvalue weighted by Crippen LogP contribution is -2.49. The normalized spacial score (nSPS) is 25.7. The zero-order chi connectivity index (χ0) is 23.0. The predicted octanol–water partition coefficient (Wildman–Crippen LogP) is 3.80. The largest absolute Gasteiger partial charge is 0.368 e. The summed E-state index contributed by atoms with van der Waals surface area (Å²) in [4.78, 5) is 16.6. The smallest absolute Gasteiger partial charge is 0.225 e. The van der Waals surface area contributed by atoms with Crippen molar-refractivity contribution in [1.82, 2.24) is 9.21 Å². The molecule has 2 aromatic carbocycles. The lowest BCUT2D eigenvalue weighted by atomic mass is 10.0. The van der Waals surface area contributed by atoms with E-state index in [4.69, 9.17) is 0 Å². The van der Waals surface area contributed by atoms with E-state index in [2.05, 4.69) is 17.0 Å². The molecule has 0 spiro atoms. The Hall–Kier alpha value is -2.38. The molecule has 2 saturated heterocycles. The molecule has 1 unspecified atom stereocenters. The van der Waals surface area contributed by atoms with Crippen molar-refractivity contribution in [3.63, 3.8) is 0 Å². The standard InChI is InChI=1S/C26H33N3O3S/c1-20-7-14-25(22-5-3-2-4-6-22)33(31,32)29(20)19-21-8-12-24(13-9-21)27-15-17-28(18-16-27)26(30)23-10-11-23/h2-6,8-9,12-13,20,23,25H,7,10-11,14-19H2,1H3/t20-,25?/m0/s1. The lowest BCUT2D eigenvalue weighted by Gasteiger charge is -2.38. The number of sulfonamides is 1. The zero-order valence-electron chi connectivity index (χ0n) is 19.3. The maximum Gasteiger partial charge on any atom is 0.225 e. The number of carbonyl (C=O) groups is 1. The number of nitrogens with zero attached hydrogens (tertiary/aromatic N) is 3. The fraction of sp³-hybridized carbons (Fsp3) is 0.500. The summed E-state index contributed by atoms with van der Waals surface area (Å²) >= 11 is 0. The maximum atomic E-state index is 13.5. The minimum absolute atomic E-state index is 0.00767. The molecule has 2 aromatic rings. The molecule has 6 nitrogen and oxygen atoms in total. The highest BCUT2D eigenvalue weighted by atomic mass is 32.2. The first-order valence-corrected chi connectivity index (χ1v) is 13.6. The summed E-state index contributed by atoms with van der Waals surface area (Å²) in [5, 5.41) is -0.469. The number of rotatable bonds is 5. The third-order valence-electron chi connectivity index (χ3n) is 7.35. The first-order chi connectivity index (χ1) is 15.9. The van der Waals surface area contributed by atoms with Gasteiger partial charge in [0.05, 0.1) is 0 Å². The van der Waals surface area contributed by atoms with Crippen LogP contribution < -0.4 is 4.90 Å². The first-order valence-electron chi connectivity index (χ1n) is 12.1. The summed E-state index contributed by atoms with van der Waals surface area (Å²) in [5.74, 6) is 0.612. The Morgan fingerprint density at radius 2 is 1.55 bits per heavy atom. The first kappa shape index (κ1) is 22.4. The highest BCUT2D eigenvalue weighted by molar-refractivity contribution is 7.89. The van der Waals surface area contributed by atoms with Gasteiger partial charge in [-0.1, -0.05) is 42.5 Å². The van der Waals surface area contributed by atoms with Crippen LogP contribution in [0.3, 0.4) is 0 Å². The number of piperazine rings is 1. The topological polar surface area (TPSA) is 60.9 Å². The van der Waals surface area contributed by atoms with E-state index in [1.165, 1.54) is 0 Å². The molecule has 0 radical (unpaired) electrons. The van der Waals surface area contributed by atoms with Gasteiger partial charge in [-0.05, 0) is 55.9 Å². The third kappa shape index (κ3) is 4.66. The molecule has 7 heteroatoms. The fourth-order valence-electron chi connectivity index (χ4n) is 5.12. The van der Waals surface area contributed by atoms with Gasteiger partial charge in [0.2, 0.25) is 15.9 Å². The molecule has 3 aliphatic rings. The second-order valence-electron chi connectivity index (χ2n) is 9.67. The van der Waals surface area contributed by atoms with Gasteiger partial charge < -0.3 is 9.80 Å². The van der Waals surface area contributed by atoms with Crippen LogP contribution in [0.2, 0.25) is 0 Å². The predicted molar refractivity (Wildman–Crippen MR) is 130 cm³/mol. The van der Waals surface area contributed by atoms with Crippen LogP contribution in [0.5, 0.6) is 0 Å². The summed E-state index contributed by atoms with van der Waals surface area (Å²) in [6.07, 6.45) is 3.63. The molecular weight excluding hydrogens is 434 g/mol. The summed E-state index contributed by atoms with van der Waals surface area (Å²) in [7, 11) is -3.43. The molecule has 2 atom stereocenters. The second-order valence-corrected chi connectivity index (χ2v) is 11.7. The van der Waals surface area contributed by atoms with Crippen LogP contribution in [-0.4, -0.2) is 55.8 Å². The van der Waals surface area contributed by atoms with Crippen LogP contribution in [0.4, 0.5) is 5.69 Å². The molecule has 0 aromatic heterocycles. The molecule has 2 heterocycles. The Bertz CT molecular complexity index is 1080. The summed E-state index contributed by atoms with van der Waals surface area (Å²) in [5.41, 5.74) is 3.02. The highest BCUT2D eigenvalue weighted by Crippen LogP contribution is 2.38. The molecule has 2 aliphatic heterocycles. The maximum absolute atomic E-state index is 13.5. The molecular formula is C26H33N3O3S. The Morgan fingerprint density at radius 1 is 0.879 bits per heavy atom. The Kier molecular flexibility index (Phi) is 6.18. The average molecular weight is 468 g/mol. The number of hydrogen-bond donors (Lipinski definition) is 0. The Balaban J connectivity index is 1.24. The Labute approximate surface area is 197 Å². The number of carbonyl (C=O) groups excluding carboxylic acids is 1. The van der Waals surface area contributed by atoms with Gasteiger partial charge in [-0.3, -0.25) is 4.79 Å². The molecule has 0 N–H and O–H groups in total. The molecule has 176 valence electrons. The molecule has 1 amide bonds. The van der Waals surface area contributed by atoms with E-state index in [9.17, 15) is 13.2 Å². The van der Waals surface area contributed by atoms with Crippen LogP contribution in [0, 0.1) is 5.92 Å². The average Bonchev–Trinajstić information content (AvgIpc) is 3.68. The quantitative estimate of drug-likeness (QED) is 0.671. The fourth-order valence-corrected chi connectivity index (χ4v) is 7.32. The van der Waals surface area contributed by atoms with Crippen LogP contribution in [0.15, 0.2) is 54.6 Å². The molecule has 5 rings (SSSR count). The van der Waals surface area contributed by atoms with E-state index < -0.39 is 15.3 Å². The minimum Gasteiger partial charge on any atom is -0.368 e.